The highest BCUT2D eigenvalue weighted by atomic mass is 32.2. The molecule has 0 saturated carbocycles. The summed E-state index contributed by atoms with van der Waals surface area (Å²) in [7, 11) is -3.81. The van der Waals surface area contributed by atoms with Crippen LogP contribution in [0, 0.1) is 25.2 Å². The zero-order valence-corrected chi connectivity index (χ0v) is 16.4. The predicted octanol–water partition coefficient (Wildman–Crippen LogP) is 3.26. The summed E-state index contributed by atoms with van der Waals surface area (Å²) in [6.07, 6.45) is 1.49. The van der Waals surface area contributed by atoms with Gasteiger partial charge in [-0.15, -0.1) is 0 Å². The average molecular weight is 382 g/mol. The Labute approximate surface area is 161 Å². The molecule has 27 heavy (non-hydrogen) atoms. The fraction of sp³-hybridized carbons (Fsp3) is 0.286. The summed E-state index contributed by atoms with van der Waals surface area (Å²) in [6.45, 7) is 6.70. The van der Waals surface area contributed by atoms with Gasteiger partial charge in [0.25, 0.3) is 0 Å². The molecule has 0 bridgehead atoms. The first-order chi connectivity index (χ1) is 12.9. The van der Waals surface area contributed by atoms with Gasteiger partial charge in [0.15, 0.2) is 4.91 Å². The van der Waals surface area contributed by atoms with E-state index in [2.05, 4.69) is 17.0 Å². The van der Waals surface area contributed by atoms with E-state index in [0.29, 0.717) is 13.1 Å². The minimum Gasteiger partial charge on any atom is -0.372 e. The van der Waals surface area contributed by atoms with E-state index in [0.717, 1.165) is 29.9 Å². The number of para-hydroxylation sites is 1. The van der Waals surface area contributed by atoms with Crippen LogP contribution in [-0.2, 0) is 9.84 Å². The normalized spacial score (nSPS) is 15.5. The van der Waals surface area contributed by atoms with E-state index >= 15 is 0 Å². The summed E-state index contributed by atoms with van der Waals surface area (Å²) in [4.78, 5) is 4.13. The summed E-state index contributed by atoms with van der Waals surface area (Å²) in [5, 5.41) is 9.47. The summed E-state index contributed by atoms with van der Waals surface area (Å²) >= 11 is 0. The fourth-order valence-electron chi connectivity index (χ4n) is 3.08. The molecule has 1 heterocycles. The van der Waals surface area contributed by atoms with Crippen molar-refractivity contribution in [3.63, 3.8) is 0 Å². The van der Waals surface area contributed by atoms with Crippen LogP contribution in [0.3, 0.4) is 0 Å². The van der Waals surface area contributed by atoms with Crippen LogP contribution in [-0.4, -0.2) is 39.5 Å². The molecule has 1 saturated heterocycles. The molecule has 0 aliphatic carbocycles. The molecule has 0 atom stereocenters. The number of nitrogens with zero attached hydrogens (tertiary/aromatic N) is 3. The number of allylic oxidation sites excluding steroid dienone is 1. The van der Waals surface area contributed by atoms with Crippen LogP contribution >= 0.6 is 0 Å². The highest BCUT2D eigenvalue weighted by Gasteiger charge is 2.23. The lowest BCUT2D eigenvalue weighted by atomic mass is 10.1. The number of hydrogen-bond acceptors (Lipinski definition) is 5. The van der Waals surface area contributed by atoms with Gasteiger partial charge in [-0.25, -0.2) is 8.42 Å². The molecule has 3 rings (SSSR count). The van der Waals surface area contributed by atoms with Gasteiger partial charge in [0, 0.05) is 38.1 Å². The molecule has 1 fully saturated rings. The van der Waals surface area contributed by atoms with Crippen molar-refractivity contribution in [2.45, 2.75) is 18.7 Å². The lowest BCUT2D eigenvalue weighted by Gasteiger charge is -2.35. The standard InChI is InChI=1S/C21H23N3O2S/c1-17-8-9-20(14-18(17)2)27(25,26)21(15-22)16-23-10-12-24(13-11-23)19-6-4-3-5-7-19/h3-9,14,16H,10-13H2,1-2H3/b21-16-. The number of hydrogen-bond donors (Lipinski definition) is 0. The van der Waals surface area contributed by atoms with Crippen molar-refractivity contribution in [1.29, 1.82) is 5.26 Å². The van der Waals surface area contributed by atoms with E-state index in [-0.39, 0.29) is 9.80 Å². The summed E-state index contributed by atoms with van der Waals surface area (Å²) in [5.41, 5.74) is 3.07. The Kier molecular flexibility index (Phi) is 5.52. The Hall–Kier alpha value is -2.78. The monoisotopic (exact) mass is 381 g/mol. The third-order valence-corrected chi connectivity index (χ3v) is 6.57. The van der Waals surface area contributed by atoms with Crippen LogP contribution in [0.5, 0.6) is 0 Å². The zero-order valence-electron chi connectivity index (χ0n) is 15.6. The maximum Gasteiger partial charge on any atom is 0.218 e. The maximum atomic E-state index is 12.9. The van der Waals surface area contributed by atoms with E-state index in [1.165, 1.54) is 6.20 Å². The molecule has 6 heteroatoms. The summed E-state index contributed by atoms with van der Waals surface area (Å²) in [5.74, 6) is 0. The van der Waals surface area contributed by atoms with E-state index in [4.69, 9.17) is 0 Å². The van der Waals surface area contributed by atoms with Gasteiger partial charge >= 0.3 is 0 Å². The molecule has 0 aromatic heterocycles. The molecule has 2 aromatic rings. The van der Waals surface area contributed by atoms with Gasteiger partial charge in [0.05, 0.1) is 4.90 Å². The molecule has 5 nitrogen and oxygen atoms in total. The Morgan fingerprint density at radius 3 is 2.26 bits per heavy atom. The van der Waals surface area contributed by atoms with E-state index in [1.807, 2.05) is 43.0 Å². The van der Waals surface area contributed by atoms with Gasteiger partial charge in [-0.05, 0) is 49.2 Å². The van der Waals surface area contributed by atoms with Crippen molar-refractivity contribution >= 4 is 15.5 Å². The Morgan fingerprint density at radius 1 is 1.00 bits per heavy atom. The Morgan fingerprint density at radius 2 is 1.67 bits per heavy atom. The number of aryl methyl sites for hydroxylation is 2. The van der Waals surface area contributed by atoms with Crippen molar-refractivity contribution in [3.8, 4) is 6.07 Å². The second-order valence-corrected chi connectivity index (χ2v) is 8.63. The van der Waals surface area contributed by atoms with Crippen molar-refractivity contribution < 1.29 is 8.42 Å². The molecule has 0 spiro atoms. The minimum atomic E-state index is -3.81. The Balaban J connectivity index is 1.77. The lowest BCUT2D eigenvalue weighted by molar-refractivity contribution is 0.348. The van der Waals surface area contributed by atoms with Gasteiger partial charge in [-0.3, -0.25) is 0 Å². The van der Waals surface area contributed by atoms with Gasteiger partial charge < -0.3 is 9.80 Å². The molecular formula is C21H23N3O2S. The first-order valence-corrected chi connectivity index (χ1v) is 10.4. The van der Waals surface area contributed by atoms with E-state index in [1.54, 1.807) is 18.2 Å². The smallest absolute Gasteiger partial charge is 0.218 e. The average Bonchev–Trinajstić information content (AvgIpc) is 2.69. The SMILES string of the molecule is Cc1ccc(S(=O)(=O)/C(C#N)=C\N2CCN(c3ccccc3)CC2)cc1C. The summed E-state index contributed by atoms with van der Waals surface area (Å²) in [6, 6.07) is 17.0. The summed E-state index contributed by atoms with van der Waals surface area (Å²) < 4.78 is 25.7. The van der Waals surface area contributed by atoms with Crippen molar-refractivity contribution in [1.82, 2.24) is 4.90 Å². The van der Waals surface area contributed by atoms with Crippen LogP contribution in [0.1, 0.15) is 11.1 Å². The third-order valence-electron chi connectivity index (χ3n) is 4.92. The number of piperazine rings is 1. The first kappa shape index (κ1) is 19.0. The van der Waals surface area contributed by atoms with Gasteiger partial charge in [-0.2, -0.15) is 5.26 Å². The number of nitriles is 1. The maximum absolute atomic E-state index is 12.9. The Bertz CT molecular complexity index is 984. The number of benzene rings is 2. The van der Waals surface area contributed by atoms with Gasteiger partial charge in [0.2, 0.25) is 9.84 Å². The van der Waals surface area contributed by atoms with E-state index < -0.39 is 9.84 Å². The molecule has 140 valence electrons. The molecule has 2 aromatic carbocycles. The third kappa shape index (κ3) is 4.15. The quantitative estimate of drug-likeness (QED) is 0.761. The van der Waals surface area contributed by atoms with Gasteiger partial charge in [-0.1, -0.05) is 24.3 Å². The zero-order chi connectivity index (χ0) is 19.4. The highest BCUT2D eigenvalue weighted by Crippen LogP contribution is 2.23. The molecule has 1 aliphatic heterocycles. The largest absolute Gasteiger partial charge is 0.372 e. The van der Waals surface area contributed by atoms with Crippen molar-refractivity contribution in [3.05, 3.63) is 70.8 Å². The number of rotatable bonds is 4. The molecule has 0 radical (unpaired) electrons. The van der Waals surface area contributed by atoms with Crippen LogP contribution in [0.15, 0.2) is 64.5 Å². The minimum absolute atomic E-state index is 0.168. The fourth-order valence-corrected chi connectivity index (χ4v) is 4.32. The highest BCUT2D eigenvalue weighted by molar-refractivity contribution is 7.95. The molecule has 0 amide bonds. The first-order valence-electron chi connectivity index (χ1n) is 8.90. The number of anilines is 1. The van der Waals surface area contributed by atoms with Crippen LogP contribution < -0.4 is 4.90 Å². The van der Waals surface area contributed by atoms with Crippen LogP contribution in [0.25, 0.3) is 0 Å². The van der Waals surface area contributed by atoms with Crippen LogP contribution in [0.4, 0.5) is 5.69 Å². The van der Waals surface area contributed by atoms with Crippen LogP contribution in [0.2, 0.25) is 0 Å². The molecule has 0 N–H and O–H groups in total. The molecule has 1 aliphatic rings. The second kappa shape index (κ2) is 7.85. The predicted molar refractivity (Wildman–Crippen MR) is 107 cm³/mol. The van der Waals surface area contributed by atoms with Crippen molar-refractivity contribution in [2.24, 2.45) is 0 Å². The van der Waals surface area contributed by atoms with Gasteiger partial charge in [0.1, 0.15) is 6.07 Å². The topological polar surface area (TPSA) is 64.4 Å². The second-order valence-electron chi connectivity index (χ2n) is 6.71. The number of sulfone groups is 1. The lowest BCUT2D eigenvalue weighted by Crippen LogP contribution is -2.44. The van der Waals surface area contributed by atoms with Crippen molar-refractivity contribution in [2.75, 3.05) is 31.1 Å². The molecular weight excluding hydrogens is 358 g/mol. The molecule has 0 unspecified atom stereocenters. The van der Waals surface area contributed by atoms with E-state index in [9.17, 15) is 13.7 Å².